The van der Waals surface area contributed by atoms with E-state index in [-0.39, 0.29) is 12.1 Å². The third kappa shape index (κ3) is 4.35. The zero-order valence-corrected chi connectivity index (χ0v) is 14.2. The Balaban J connectivity index is 1.59. The molecule has 1 aliphatic rings. The fraction of sp³-hybridized carbons (Fsp3) is 0.421. The molecule has 2 heterocycles. The van der Waals surface area contributed by atoms with Crippen LogP contribution in [0.5, 0.6) is 0 Å². The summed E-state index contributed by atoms with van der Waals surface area (Å²) in [6.45, 7) is 1.55. The van der Waals surface area contributed by atoms with Crippen LogP contribution in [0.1, 0.15) is 42.2 Å². The highest BCUT2D eigenvalue weighted by atomic mass is 32.1. The lowest BCUT2D eigenvalue weighted by Gasteiger charge is -2.29. The van der Waals surface area contributed by atoms with Gasteiger partial charge >= 0.3 is 6.03 Å². The molecule has 2 aromatic rings. The first-order chi connectivity index (χ1) is 11.3. The minimum Gasteiger partial charge on any atom is -0.338 e. The number of rotatable bonds is 4. The molecule has 0 aliphatic carbocycles. The highest BCUT2D eigenvalue weighted by Crippen LogP contribution is 2.32. The average molecular weight is 328 g/mol. The van der Waals surface area contributed by atoms with E-state index in [4.69, 9.17) is 0 Å². The summed E-state index contributed by atoms with van der Waals surface area (Å²) >= 11 is 1.76. The highest BCUT2D eigenvalue weighted by Gasteiger charge is 2.27. The molecule has 4 heteroatoms. The topological polar surface area (TPSA) is 32.3 Å². The van der Waals surface area contributed by atoms with Crippen molar-refractivity contribution in [1.29, 1.82) is 0 Å². The Labute approximate surface area is 142 Å². The van der Waals surface area contributed by atoms with Crippen molar-refractivity contribution in [3.8, 4) is 0 Å². The summed E-state index contributed by atoms with van der Waals surface area (Å²) in [4.78, 5) is 16.0. The van der Waals surface area contributed by atoms with E-state index in [2.05, 4.69) is 35.0 Å². The summed E-state index contributed by atoms with van der Waals surface area (Å²) in [6, 6.07) is 14.9. The second kappa shape index (κ2) is 8.16. The molecule has 23 heavy (non-hydrogen) atoms. The molecule has 0 unspecified atom stereocenters. The van der Waals surface area contributed by atoms with Gasteiger partial charge in [-0.2, -0.15) is 0 Å². The van der Waals surface area contributed by atoms with Crippen LogP contribution < -0.4 is 5.32 Å². The van der Waals surface area contributed by atoms with Crippen LogP contribution in [0.4, 0.5) is 4.79 Å². The third-order valence-corrected chi connectivity index (χ3v) is 5.39. The van der Waals surface area contributed by atoms with Gasteiger partial charge in [-0.1, -0.05) is 49.2 Å². The molecular weight excluding hydrogens is 304 g/mol. The number of benzene rings is 1. The Kier molecular flexibility index (Phi) is 5.70. The Morgan fingerprint density at radius 3 is 2.78 bits per heavy atom. The second-order valence-corrected chi connectivity index (χ2v) is 7.02. The van der Waals surface area contributed by atoms with Gasteiger partial charge in [0.2, 0.25) is 0 Å². The monoisotopic (exact) mass is 328 g/mol. The zero-order valence-electron chi connectivity index (χ0n) is 13.4. The Hall–Kier alpha value is -1.81. The van der Waals surface area contributed by atoms with E-state index in [1.165, 1.54) is 23.3 Å². The normalized spacial score (nSPS) is 18.4. The van der Waals surface area contributed by atoms with Gasteiger partial charge in [0.05, 0.1) is 6.04 Å². The van der Waals surface area contributed by atoms with Gasteiger partial charge in [0.15, 0.2) is 0 Å². The van der Waals surface area contributed by atoms with Gasteiger partial charge in [0.25, 0.3) is 0 Å². The third-order valence-electron chi connectivity index (χ3n) is 4.42. The molecule has 2 amide bonds. The fourth-order valence-corrected chi connectivity index (χ4v) is 4.06. The van der Waals surface area contributed by atoms with Crippen molar-refractivity contribution in [2.45, 2.75) is 38.1 Å². The molecule has 1 fully saturated rings. The summed E-state index contributed by atoms with van der Waals surface area (Å²) < 4.78 is 0. The number of likely N-dealkylation sites (tertiary alicyclic amines) is 1. The molecule has 1 atom stereocenters. The minimum atomic E-state index is 0.0845. The summed E-state index contributed by atoms with van der Waals surface area (Å²) in [5, 5.41) is 5.22. The standard InChI is InChI=1S/C19H24N2OS/c22-19(20-13-12-16-8-3-1-4-9-16)21-14-6-2-5-10-17(21)18-11-7-15-23-18/h1,3-4,7-9,11,15,17H,2,5-6,10,12-14H2,(H,20,22)/t17-/m1/s1. The molecule has 1 saturated heterocycles. The number of carbonyl (C=O) groups is 1. The molecule has 122 valence electrons. The van der Waals surface area contributed by atoms with E-state index >= 15 is 0 Å². The SMILES string of the molecule is O=C(NCCc1ccccc1)N1CCCCC[C@@H]1c1cccs1. The number of urea groups is 1. The number of hydrogen-bond acceptors (Lipinski definition) is 2. The Morgan fingerprint density at radius 1 is 1.13 bits per heavy atom. The van der Waals surface area contributed by atoms with Gasteiger partial charge < -0.3 is 10.2 Å². The number of amides is 2. The first-order valence-electron chi connectivity index (χ1n) is 8.46. The summed E-state index contributed by atoms with van der Waals surface area (Å²) in [5.74, 6) is 0. The first-order valence-corrected chi connectivity index (χ1v) is 9.34. The van der Waals surface area contributed by atoms with Crippen LogP contribution in [0.15, 0.2) is 47.8 Å². The van der Waals surface area contributed by atoms with Crippen LogP contribution >= 0.6 is 11.3 Å². The Morgan fingerprint density at radius 2 is 2.00 bits per heavy atom. The largest absolute Gasteiger partial charge is 0.338 e. The van der Waals surface area contributed by atoms with Crippen molar-refractivity contribution < 1.29 is 4.79 Å². The van der Waals surface area contributed by atoms with E-state index in [0.29, 0.717) is 6.54 Å². The van der Waals surface area contributed by atoms with Gasteiger partial charge in [-0.05, 0) is 36.3 Å². The molecule has 1 aromatic carbocycles. The number of carbonyl (C=O) groups excluding carboxylic acids is 1. The van der Waals surface area contributed by atoms with E-state index in [9.17, 15) is 4.79 Å². The molecule has 1 aliphatic heterocycles. The molecular formula is C19H24N2OS. The van der Waals surface area contributed by atoms with Crippen LogP contribution in [0.3, 0.4) is 0 Å². The van der Waals surface area contributed by atoms with Crippen LogP contribution in [0.2, 0.25) is 0 Å². The van der Waals surface area contributed by atoms with E-state index in [1.807, 2.05) is 23.1 Å². The molecule has 1 aromatic heterocycles. The summed E-state index contributed by atoms with van der Waals surface area (Å²) in [5.41, 5.74) is 1.26. The highest BCUT2D eigenvalue weighted by molar-refractivity contribution is 7.10. The molecule has 0 spiro atoms. The Bertz CT molecular complexity index is 597. The van der Waals surface area contributed by atoms with Crippen LogP contribution in [-0.2, 0) is 6.42 Å². The molecule has 3 nitrogen and oxygen atoms in total. The maximum atomic E-state index is 12.7. The lowest BCUT2D eigenvalue weighted by Crippen LogP contribution is -2.42. The van der Waals surface area contributed by atoms with Crippen LogP contribution in [-0.4, -0.2) is 24.0 Å². The summed E-state index contributed by atoms with van der Waals surface area (Å²) in [6.07, 6.45) is 5.48. The van der Waals surface area contributed by atoms with Gasteiger partial charge in [-0.3, -0.25) is 0 Å². The quantitative estimate of drug-likeness (QED) is 0.873. The lowest BCUT2D eigenvalue weighted by molar-refractivity contribution is 0.177. The number of nitrogens with zero attached hydrogens (tertiary/aromatic N) is 1. The van der Waals surface area contributed by atoms with E-state index in [0.717, 1.165) is 25.8 Å². The zero-order chi connectivity index (χ0) is 15.9. The van der Waals surface area contributed by atoms with Crippen molar-refractivity contribution >= 4 is 17.4 Å². The molecule has 0 saturated carbocycles. The predicted molar refractivity (Wildman–Crippen MR) is 95.8 cm³/mol. The van der Waals surface area contributed by atoms with Crippen molar-refractivity contribution in [2.75, 3.05) is 13.1 Å². The van der Waals surface area contributed by atoms with Crippen LogP contribution in [0.25, 0.3) is 0 Å². The number of hydrogen-bond donors (Lipinski definition) is 1. The van der Waals surface area contributed by atoms with Crippen molar-refractivity contribution in [3.63, 3.8) is 0 Å². The van der Waals surface area contributed by atoms with Gasteiger partial charge in [-0.15, -0.1) is 11.3 Å². The van der Waals surface area contributed by atoms with Crippen LogP contribution in [0, 0.1) is 0 Å². The van der Waals surface area contributed by atoms with Gasteiger partial charge in [0.1, 0.15) is 0 Å². The smallest absolute Gasteiger partial charge is 0.317 e. The maximum absolute atomic E-state index is 12.7. The number of thiophene rings is 1. The summed E-state index contributed by atoms with van der Waals surface area (Å²) in [7, 11) is 0. The molecule has 3 rings (SSSR count). The molecule has 1 N–H and O–H groups in total. The second-order valence-electron chi connectivity index (χ2n) is 6.04. The molecule has 0 radical (unpaired) electrons. The minimum absolute atomic E-state index is 0.0845. The predicted octanol–water partition coefficient (Wildman–Crippen LogP) is 4.62. The van der Waals surface area contributed by atoms with E-state index in [1.54, 1.807) is 11.3 Å². The van der Waals surface area contributed by atoms with E-state index < -0.39 is 0 Å². The lowest BCUT2D eigenvalue weighted by atomic mass is 10.1. The fourth-order valence-electron chi connectivity index (χ4n) is 3.19. The maximum Gasteiger partial charge on any atom is 0.317 e. The first kappa shape index (κ1) is 16.1. The average Bonchev–Trinajstić information content (AvgIpc) is 3.00. The van der Waals surface area contributed by atoms with Gasteiger partial charge in [0, 0.05) is 18.0 Å². The molecule has 0 bridgehead atoms. The number of nitrogens with one attached hydrogen (secondary N) is 1. The van der Waals surface area contributed by atoms with Crippen molar-refractivity contribution in [1.82, 2.24) is 10.2 Å². The van der Waals surface area contributed by atoms with Crippen molar-refractivity contribution in [3.05, 3.63) is 58.3 Å². The van der Waals surface area contributed by atoms with Crippen molar-refractivity contribution in [2.24, 2.45) is 0 Å². The van der Waals surface area contributed by atoms with Gasteiger partial charge in [-0.25, -0.2) is 4.79 Å².